The van der Waals surface area contributed by atoms with Crippen molar-refractivity contribution >= 4 is 21.9 Å². The van der Waals surface area contributed by atoms with E-state index in [-0.39, 0.29) is 11.4 Å². The molecular formula is C12H9BrN2O3. The van der Waals surface area contributed by atoms with Gasteiger partial charge in [0.05, 0.1) is 0 Å². The third-order valence-corrected chi connectivity index (χ3v) is 2.61. The second-order valence-electron chi connectivity index (χ2n) is 3.53. The molecule has 6 heteroatoms. The molecule has 1 N–H and O–H groups in total. The zero-order valence-electron chi connectivity index (χ0n) is 9.42. The number of nitrogens with zero attached hydrogens (tertiary/aromatic N) is 2. The predicted molar refractivity (Wildman–Crippen MR) is 67.9 cm³/mol. The summed E-state index contributed by atoms with van der Waals surface area (Å²) in [5.41, 5.74) is 0.659. The number of aryl methyl sites for hydroxylation is 1. The minimum atomic E-state index is -1.14. The second kappa shape index (κ2) is 5.14. The normalized spacial score (nSPS) is 10.1. The van der Waals surface area contributed by atoms with Crippen LogP contribution in [-0.2, 0) is 0 Å². The third kappa shape index (κ3) is 2.65. The fourth-order valence-electron chi connectivity index (χ4n) is 1.37. The lowest BCUT2D eigenvalue weighted by molar-refractivity contribution is 0.0687. The van der Waals surface area contributed by atoms with Gasteiger partial charge in [-0.2, -0.15) is 0 Å². The first kappa shape index (κ1) is 12.5. The number of hydrogen-bond acceptors (Lipinski definition) is 4. The van der Waals surface area contributed by atoms with Crippen molar-refractivity contribution < 1.29 is 14.6 Å². The average Bonchev–Trinajstić information content (AvgIpc) is 2.33. The van der Waals surface area contributed by atoms with Gasteiger partial charge in [-0.1, -0.05) is 0 Å². The molecule has 2 rings (SSSR count). The van der Waals surface area contributed by atoms with E-state index in [1.165, 1.54) is 6.20 Å². The first-order valence-electron chi connectivity index (χ1n) is 5.06. The molecule has 0 radical (unpaired) electrons. The second-order valence-corrected chi connectivity index (χ2v) is 4.45. The minimum Gasteiger partial charge on any atom is -0.476 e. The van der Waals surface area contributed by atoms with E-state index in [0.29, 0.717) is 5.88 Å². The topological polar surface area (TPSA) is 72.3 Å². The maximum Gasteiger partial charge on any atom is 0.358 e. The van der Waals surface area contributed by atoms with Gasteiger partial charge in [0.25, 0.3) is 0 Å². The van der Waals surface area contributed by atoms with Crippen molar-refractivity contribution in [3.8, 4) is 11.6 Å². The highest BCUT2D eigenvalue weighted by molar-refractivity contribution is 9.10. The van der Waals surface area contributed by atoms with E-state index in [1.807, 2.05) is 13.0 Å². The maximum absolute atomic E-state index is 11.0. The molecule has 0 aliphatic heterocycles. The summed E-state index contributed by atoms with van der Waals surface area (Å²) in [5.74, 6) is -0.614. The number of ether oxygens (including phenoxy) is 1. The summed E-state index contributed by atoms with van der Waals surface area (Å²) in [6.07, 6.45) is 2.98. The molecule has 0 aliphatic carbocycles. The molecule has 0 aliphatic rings. The fraction of sp³-hybridized carbons (Fsp3) is 0.0833. The van der Waals surface area contributed by atoms with E-state index < -0.39 is 5.97 Å². The van der Waals surface area contributed by atoms with Gasteiger partial charge in [0.2, 0.25) is 5.88 Å². The molecule has 2 heterocycles. The highest BCUT2D eigenvalue weighted by Gasteiger charge is 2.14. The Kier molecular flexibility index (Phi) is 3.57. The molecule has 5 nitrogen and oxygen atoms in total. The summed E-state index contributed by atoms with van der Waals surface area (Å²) >= 11 is 3.29. The number of carboxylic acids is 1. The van der Waals surface area contributed by atoms with Gasteiger partial charge in [-0.3, -0.25) is 0 Å². The molecule has 0 bridgehead atoms. The van der Waals surface area contributed by atoms with E-state index in [9.17, 15) is 4.79 Å². The summed E-state index contributed by atoms with van der Waals surface area (Å²) in [6.45, 7) is 1.82. The fourth-order valence-corrected chi connectivity index (χ4v) is 1.82. The van der Waals surface area contributed by atoms with Gasteiger partial charge in [-0.05, 0) is 41.1 Å². The lowest BCUT2D eigenvalue weighted by Crippen LogP contribution is -2.03. The minimum absolute atomic E-state index is 0.137. The number of aromatic nitrogens is 2. The molecule has 92 valence electrons. The maximum atomic E-state index is 11.0. The Balaban J connectivity index is 2.37. The quantitative estimate of drug-likeness (QED) is 0.943. The van der Waals surface area contributed by atoms with Crippen molar-refractivity contribution in [3.63, 3.8) is 0 Å². The highest BCUT2D eigenvalue weighted by atomic mass is 79.9. The molecule has 2 aromatic rings. The summed E-state index contributed by atoms with van der Waals surface area (Å²) in [5, 5.41) is 8.99. The first-order valence-corrected chi connectivity index (χ1v) is 5.85. The number of pyridine rings is 2. The Bertz CT molecular complexity index is 602. The standard InChI is InChI=1S/C12H9BrN2O3/c1-7-5-8(13)6-15-11(7)18-9-3-2-4-14-10(9)12(16)17/h2-6H,1H3,(H,16,17). The molecule has 0 fully saturated rings. The van der Waals surface area contributed by atoms with Crippen LogP contribution in [-0.4, -0.2) is 21.0 Å². The molecule has 0 amide bonds. The Morgan fingerprint density at radius 3 is 2.89 bits per heavy atom. The molecule has 0 spiro atoms. The van der Waals surface area contributed by atoms with Gasteiger partial charge in [0, 0.05) is 22.4 Å². The van der Waals surface area contributed by atoms with Gasteiger partial charge >= 0.3 is 5.97 Å². The number of carbonyl (C=O) groups is 1. The van der Waals surface area contributed by atoms with Crippen LogP contribution in [0.2, 0.25) is 0 Å². The van der Waals surface area contributed by atoms with Gasteiger partial charge in [0.1, 0.15) is 0 Å². The molecule has 0 unspecified atom stereocenters. The van der Waals surface area contributed by atoms with E-state index in [2.05, 4.69) is 25.9 Å². The highest BCUT2D eigenvalue weighted by Crippen LogP contribution is 2.26. The summed E-state index contributed by atoms with van der Waals surface area (Å²) in [4.78, 5) is 18.8. The van der Waals surface area contributed by atoms with Crippen LogP contribution in [0.1, 0.15) is 16.1 Å². The van der Waals surface area contributed by atoms with Gasteiger partial charge < -0.3 is 9.84 Å². The van der Waals surface area contributed by atoms with Crippen molar-refractivity contribution in [1.82, 2.24) is 9.97 Å². The van der Waals surface area contributed by atoms with Crippen LogP contribution in [0.3, 0.4) is 0 Å². The first-order chi connectivity index (χ1) is 8.58. The SMILES string of the molecule is Cc1cc(Br)cnc1Oc1cccnc1C(=O)O. The molecule has 0 atom stereocenters. The van der Waals surface area contributed by atoms with E-state index in [0.717, 1.165) is 10.0 Å². The number of aromatic carboxylic acids is 1. The van der Waals surface area contributed by atoms with E-state index >= 15 is 0 Å². The third-order valence-electron chi connectivity index (χ3n) is 2.18. The average molecular weight is 309 g/mol. The molecule has 18 heavy (non-hydrogen) atoms. The van der Waals surface area contributed by atoms with Crippen molar-refractivity contribution in [2.24, 2.45) is 0 Å². The van der Waals surface area contributed by atoms with E-state index in [1.54, 1.807) is 18.3 Å². The number of hydrogen-bond donors (Lipinski definition) is 1. The Hall–Kier alpha value is -1.95. The van der Waals surface area contributed by atoms with Gasteiger partial charge in [-0.25, -0.2) is 14.8 Å². The molecule has 2 aromatic heterocycles. The van der Waals surface area contributed by atoms with Crippen LogP contribution in [0, 0.1) is 6.92 Å². The van der Waals surface area contributed by atoms with Crippen molar-refractivity contribution in [1.29, 1.82) is 0 Å². The van der Waals surface area contributed by atoms with Gasteiger partial charge in [-0.15, -0.1) is 0 Å². The number of carboxylic acid groups (broad SMARTS) is 1. The van der Waals surface area contributed by atoms with Crippen LogP contribution in [0.5, 0.6) is 11.6 Å². The lowest BCUT2D eigenvalue weighted by atomic mass is 10.3. The van der Waals surface area contributed by atoms with Crippen LogP contribution in [0.25, 0.3) is 0 Å². The van der Waals surface area contributed by atoms with Crippen molar-refractivity contribution in [2.45, 2.75) is 6.92 Å². The smallest absolute Gasteiger partial charge is 0.358 e. The van der Waals surface area contributed by atoms with Gasteiger partial charge in [0.15, 0.2) is 11.4 Å². The van der Waals surface area contributed by atoms with E-state index in [4.69, 9.17) is 9.84 Å². The zero-order valence-corrected chi connectivity index (χ0v) is 11.0. The lowest BCUT2D eigenvalue weighted by Gasteiger charge is -2.09. The monoisotopic (exact) mass is 308 g/mol. The largest absolute Gasteiger partial charge is 0.476 e. The number of rotatable bonds is 3. The number of halogens is 1. The molecule has 0 saturated heterocycles. The Morgan fingerprint density at radius 2 is 2.22 bits per heavy atom. The van der Waals surface area contributed by atoms with Crippen LogP contribution in [0.15, 0.2) is 35.1 Å². The molecular weight excluding hydrogens is 300 g/mol. The summed E-state index contributed by atoms with van der Waals surface area (Å²) in [7, 11) is 0. The van der Waals surface area contributed by atoms with Crippen LogP contribution >= 0.6 is 15.9 Å². The van der Waals surface area contributed by atoms with Crippen molar-refractivity contribution in [3.05, 3.63) is 46.3 Å². The van der Waals surface area contributed by atoms with Crippen molar-refractivity contribution in [2.75, 3.05) is 0 Å². The zero-order chi connectivity index (χ0) is 13.1. The summed E-state index contributed by atoms with van der Waals surface area (Å²) < 4.78 is 6.31. The molecule has 0 aromatic carbocycles. The van der Waals surface area contributed by atoms with Crippen LogP contribution in [0.4, 0.5) is 0 Å². The Morgan fingerprint density at radius 1 is 1.44 bits per heavy atom. The Labute approximate surface area is 112 Å². The summed E-state index contributed by atoms with van der Waals surface area (Å²) in [6, 6.07) is 4.98. The van der Waals surface area contributed by atoms with Crippen LogP contribution < -0.4 is 4.74 Å². The predicted octanol–water partition coefficient (Wildman–Crippen LogP) is 3.04. The molecule has 0 saturated carbocycles.